The molecule has 10 heavy (non-hydrogen) atoms. The highest BCUT2D eigenvalue weighted by atomic mass is 79.9. The van der Waals surface area contributed by atoms with Crippen molar-refractivity contribution in [2.24, 2.45) is 5.73 Å². The Morgan fingerprint density at radius 2 is 2.50 bits per heavy atom. The zero-order chi connectivity index (χ0) is 7.56. The van der Waals surface area contributed by atoms with Gasteiger partial charge in [-0.2, -0.15) is 5.26 Å². The number of nitrogens with zero attached hydrogens (tertiary/aromatic N) is 1. The van der Waals surface area contributed by atoms with Crippen LogP contribution in [0.2, 0.25) is 0 Å². The molecule has 0 aliphatic rings. The van der Waals surface area contributed by atoms with E-state index in [1.54, 1.807) is 0 Å². The second-order valence-electron chi connectivity index (χ2n) is 1.79. The number of nitrogens with two attached hydrogens (primary N) is 1. The minimum atomic E-state index is -0.484. The molecule has 0 saturated carbocycles. The fourth-order valence-corrected chi connectivity index (χ4v) is 1.77. The molecule has 0 amide bonds. The van der Waals surface area contributed by atoms with Crippen molar-refractivity contribution in [3.8, 4) is 6.07 Å². The first-order valence-corrected chi connectivity index (χ1v) is 4.30. The first kappa shape index (κ1) is 7.73. The molecule has 0 aliphatic carbocycles. The quantitative estimate of drug-likeness (QED) is 0.782. The molecular weight excluding hydrogens is 212 g/mol. The SMILES string of the molecule is N#CC(N)c1csc(Br)c1. The maximum Gasteiger partial charge on any atom is 0.119 e. The Morgan fingerprint density at radius 1 is 1.80 bits per heavy atom. The molecule has 1 aromatic heterocycles. The van der Waals surface area contributed by atoms with Gasteiger partial charge in [0.15, 0.2) is 0 Å². The van der Waals surface area contributed by atoms with Crippen LogP contribution in [0, 0.1) is 11.3 Å². The summed E-state index contributed by atoms with van der Waals surface area (Å²) in [4.78, 5) is 0. The molecule has 0 aliphatic heterocycles. The zero-order valence-corrected chi connectivity index (χ0v) is 7.45. The average molecular weight is 217 g/mol. The van der Waals surface area contributed by atoms with Crippen LogP contribution in [0.15, 0.2) is 15.2 Å². The fourth-order valence-electron chi connectivity index (χ4n) is 0.561. The van der Waals surface area contributed by atoms with Gasteiger partial charge in [0, 0.05) is 0 Å². The topological polar surface area (TPSA) is 49.8 Å². The maximum atomic E-state index is 8.41. The van der Waals surface area contributed by atoms with Gasteiger partial charge in [0.1, 0.15) is 6.04 Å². The molecule has 2 N–H and O–H groups in total. The van der Waals surface area contributed by atoms with Crippen LogP contribution >= 0.6 is 27.3 Å². The van der Waals surface area contributed by atoms with Crippen LogP contribution in [-0.4, -0.2) is 0 Å². The van der Waals surface area contributed by atoms with Gasteiger partial charge in [-0.05, 0) is 32.9 Å². The summed E-state index contributed by atoms with van der Waals surface area (Å²) in [5.41, 5.74) is 6.31. The smallest absolute Gasteiger partial charge is 0.119 e. The summed E-state index contributed by atoms with van der Waals surface area (Å²) in [6.07, 6.45) is 0. The van der Waals surface area contributed by atoms with E-state index in [-0.39, 0.29) is 0 Å². The number of thiophene rings is 1. The lowest BCUT2D eigenvalue weighted by molar-refractivity contribution is 0.932. The molecule has 1 heterocycles. The van der Waals surface area contributed by atoms with E-state index in [1.165, 1.54) is 11.3 Å². The summed E-state index contributed by atoms with van der Waals surface area (Å²) in [5, 5.41) is 10.3. The molecule has 0 spiro atoms. The van der Waals surface area contributed by atoms with E-state index < -0.39 is 6.04 Å². The van der Waals surface area contributed by atoms with Crippen molar-refractivity contribution in [3.05, 3.63) is 20.8 Å². The minimum Gasteiger partial charge on any atom is -0.312 e. The molecular formula is C6H5BrN2S. The second kappa shape index (κ2) is 3.15. The highest BCUT2D eigenvalue weighted by Crippen LogP contribution is 2.23. The van der Waals surface area contributed by atoms with Crippen molar-refractivity contribution in [1.82, 2.24) is 0 Å². The van der Waals surface area contributed by atoms with E-state index in [2.05, 4.69) is 15.9 Å². The van der Waals surface area contributed by atoms with Crippen LogP contribution in [0.25, 0.3) is 0 Å². The van der Waals surface area contributed by atoms with Gasteiger partial charge >= 0.3 is 0 Å². The van der Waals surface area contributed by atoms with Gasteiger partial charge in [0.25, 0.3) is 0 Å². The van der Waals surface area contributed by atoms with E-state index >= 15 is 0 Å². The Hall–Kier alpha value is -0.370. The summed E-state index contributed by atoms with van der Waals surface area (Å²) >= 11 is 4.82. The molecule has 2 nitrogen and oxygen atoms in total. The number of hydrogen-bond acceptors (Lipinski definition) is 3. The molecule has 1 rings (SSSR count). The molecule has 1 unspecified atom stereocenters. The highest BCUT2D eigenvalue weighted by molar-refractivity contribution is 9.11. The first-order valence-electron chi connectivity index (χ1n) is 2.63. The largest absolute Gasteiger partial charge is 0.312 e. The number of halogens is 1. The van der Waals surface area contributed by atoms with Gasteiger partial charge in [-0.3, -0.25) is 0 Å². The summed E-state index contributed by atoms with van der Waals surface area (Å²) in [7, 11) is 0. The number of rotatable bonds is 1. The van der Waals surface area contributed by atoms with E-state index in [9.17, 15) is 0 Å². The summed E-state index contributed by atoms with van der Waals surface area (Å²) in [6, 6.07) is 3.33. The van der Waals surface area contributed by atoms with E-state index in [4.69, 9.17) is 11.0 Å². The van der Waals surface area contributed by atoms with Crippen molar-refractivity contribution in [2.45, 2.75) is 6.04 Å². The minimum absolute atomic E-state index is 0.484. The third-order valence-corrected chi connectivity index (χ3v) is 2.61. The molecule has 0 bridgehead atoms. The van der Waals surface area contributed by atoms with Crippen LogP contribution in [0.1, 0.15) is 11.6 Å². The summed E-state index contributed by atoms with van der Waals surface area (Å²) in [5.74, 6) is 0. The second-order valence-corrected chi connectivity index (χ2v) is 4.08. The van der Waals surface area contributed by atoms with Gasteiger partial charge in [0.2, 0.25) is 0 Å². The van der Waals surface area contributed by atoms with Gasteiger partial charge in [-0.15, -0.1) is 11.3 Å². The van der Waals surface area contributed by atoms with Gasteiger partial charge in [-0.1, -0.05) is 0 Å². The van der Waals surface area contributed by atoms with E-state index in [1.807, 2.05) is 17.5 Å². The van der Waals surface area contributed by atoms with Crippen LogP contribution in [0.4, 0.5) is 0 Å². The third-order valence-electron chi connectivity index (χ3n) is 1.09. The lowest BCUT2D eigenvalue weighted by atomic mass is 10.2. The maximum absolute atomic E-state index is 8.41. The molecule has 1 atom stereocenters. The van der Waals surface area contributed by atoms with Crippen molar-refractivity contribution >= 4 is 27.3 Å². The molecule has 4 heteroatoms. The number of nitriles is 1. The lowest BCUT2D eigenvalue weighted by Crippen LogP contribution is -2.05. The Labute approximate surface area is 71.4 Å². The van der Waals surface area contributed by atoms with E-state index in [0.29, 0.717) is 0 Å². The predicted octanol–water partition coefficient (Wildman–Crippen LogP) is 2.03. The Bertz CT molecular complexity index is 263. The Kier molecular flexibility index (Phi) is 2.44. The first-order chi connectivity index (χ1) is 4.74. The Balaban J connectivity index is 2.87. The van der Waals surface area contributed by atoms with E-state index in [0.717, 1.165) is 9.35 Å². The molecule has 52 valence electrons. The average Bonchev–Trinajstić information content (AvgIpc) is 2.34. The number of hydrogen-bond donors (Lipinski definition) is 1. The molecule has 0 radical (unpaired) electrons. The van der Waals surface area contributed by atoms with Crippen molar-refractivity contribution < 1.29 is 0 Å². The standard InChI is InChI=1S/C6H5BrN2S/c7-6-1-4(3-10-6)5(9)2-8/h1,3,5H,9H2. The summed E-state index contributed by atoms with van der Waals surface area (Å²) in [6.45, 7) is 0. The Morgan fingerprint density at radius 3 is 2.90 bits per heavy atom. The van der Waals surface area contributed by atoms with Crippen LogP contribution in [0.5, 0.6) is 0 Å². The fraction of sp³-hybridized carbons (Fsp3) is 0.167. The van der Waals surface area contributed by atoms with Crippen molar-refractivity contribution in [2.75, 3.05) is 0 Å². The van der Waals surface area contributed by atoms with Crippen molar-refractivity contribution in [3.63, 3.8) is 0 Å². The monoisotopic (exact) mass is 216 g/mol. The van der Waals surface area contributed by atoms with Crippen LogP contribution in [0.3, 0.4) is 0 Å². The highest BCUT2D eigenvalue weighted by Gasteiger charge is 2.04. The molecule has 1 aromatic rings. The third kappa shape index (κ3) is 1.57. The molecule has 0 aromatic carbocycles. The van der Waals surface area contributed by atoms with Gasteiger partial charge < -0.3 is 5.73 Å². The zero-order valence-electron chi connectivity index (χ0n) is 5.04. The normalized spacial score (nSPS) is 12.5. The molecule has 0 saturated heterocycles. The lowest BCUT2D eigenvalue weighted by Gasteiger charge is -1.94. The predicted molar refractivity (Wildman–Crippen MR) is 44.6 cm³/mol. The summed E-state index contributed by atoms with van der Waals surface area (Å²) < 4.78 is 1.01. The van der Waals surface area contributed by atoms with Gasteiger partial charge in [0.05, 0.1) is 9.86 Å². The van der Waals surface area contributed by atoms with Crippen molar-refractivity contribution in [1.29, 1.82) is 5.26 Å². The van der Waals surface area contributed by atoms with Crippen LogP contribution < -0.4 is 5.73 Å². The van der Waals surface area contributed by atoms with Crippen LogP contribution in [-0.2, 0) is 0 Å². The molecule has 0 fully saturated rings. The van der Waals surface area contributed by atoms with Gasteiger partial charge in [-0.25, -0.2) is 0 Å².